The van der Waals surface area contributed by atoms with Crippen molar-refractivity contribution in [2.45, 2.75) is 39.2 Å². The third-order valence-electron chi connectivity index (χ3n) is 4.06. The molecule has 0 aromatic rings. The lowest BCUT2D eigenvalue weighted by Gasteiger charge is -2.19. The molecule has 2 heterocycles. The fourth-order valence-corrected chi connectivity index (χ4v) is 2.79. The second-order valence-corrected chi connectivity index (χ2v) is 5.77. The molecule has 0 aromatic carbocycles. The zero-order valence-corrected chi connectivity index (χ0v) is 16.0. The largest absolute Gasteiger partial charge is 0.381 e. The first kappa shape index (κ1) is 19.5. The predicted octanol–water partition coefficient (Wildman–Crippen LogP) is 1.21. The van der Waals surface area contributed by atoms with Gasteiger partial charge in [0.1, 0.15) is 0 Å². The van der Waals surface area contributed by atoms with Crippen molar-refractivity contribution >= 4 is 35.8 Å². The summed E-state index contributed by atoms with van der Waals surface area (Å²) in [6.45, 7) is 8.95. The van der Waals surface area contributed by atoms with E-state index < -0.39 is 0 Å². The molecule has 0 spiro atoms. The highest BCUT2D eigenvalue weighted by molar-refractivity contribution is 14.0. The van der Waals surface area contributed by atoms with Gasteiger partial charge in [-0.25, -0.2) is 0 Å². The van der Waals surface area contributed by atoms with Crippen LogP contribution in [-0.2, 0) is 9.53 Å². The number of hydrogen-bond donors (Lipinski definition) is 2. The summed E-state index contributed by atoms with van der Waals surface area (Å²) in [7, 11) is 0. The lowest BCUT2D eigenvalue weighted by molar-refractivity contribution is -0.129. The normalized spacial score (nSPS) is 25.0. The van der Waals surface area contributed by atoms with Crippen molar-refractivity contribution in [2.24, 2.45) is 10.9 Å². The van der Waals surface area contributed by atoms with Gasteiger partial charge in [-0.3, -0.25) is 9.79 Å². The van der Waals surface area contributed by atoms with Crippen molar-refractivity contribution < 1.29 is 9.53 Å². The third-order valence-corrected chi connectivity index (χ3v) is 4.06. The number of hydrogen-bond acceptors (Lipinski definition) is 3. The van der Waals surface area contributed by atoms with Crippen LogP contribution < -0.4 is 10.6 Å². The molecule has 2 saturated heterocycles. The lowest BCUT2D eigenvalue weighted by Crippen LogP contribution is -2.45. The van der Waals surface area contributed by atoms with Gasteiger partial charge in [0, 0.05) is 51.2 Å². The molecule has 0 aromatic heterocycles. The van der Waals surface area contributed by atoms with Crippen molar-refractivity contribution in [1.29, 1.82) is 0 Å². The van der Waals surface area contributed by atoms with E-state index in [1.165, 1.54) is 0 Å². The Morgan fingerprint density at radius 2 is 2.18 bits per heavy atom. The van der Waals surface area contributed by atoms with Crippen molar-refractivity contribution in [3.8, 4) is 0 Å². The van der Waals surface area contributed by atoms with Crippen LogP contribution in [0.15, 0.2) is 4.99 Å². The topological polar surface area (TPSA) is 66.0 Å². The van der Waals surface area contributed by atoms with Crippen molar-refractivity contribution in [2.75, 3.05) is 39.4 Å². The van der Waals surface area contributed by atoms with Crippen LogP contribution in [0.25, 0.3) is 0 Å². The van der Waals surface area contributed by atoms with Gasteiger partial charge < -0.3 is 20.3 Å². The molecular weight excluding hydrogens is 395 g/mol. The Morgan fingerprint density at radius 3 is 2.82 bits per heavy atom. The van der Waals surface area contributed by atoms with Crippen molar-refractivity contribution in [1.82, 2.24) is 15.5 Å². The maximum Gasteiger partial charge on any atom is 0.222 e. The number of amides is 1. The van der Waals surface area contributed by atoms with Crippen LogP contribution in [0.2, 0.25) is 0 Å². The maximum atomic E-state index is 11.7. The summed E-state index contributed by atoms with van der Waals surface area (Å²) < 4.78 is 5.38. The van der Waals surface area contributed by atoms with Crippen LogP contribution in [0.1, 0.15) is 33.1 Å². The Labute approximate surface area is 150 Å². The number of guanidine groups is 1. The Kier molecular flexibility index (Phi) is 9.08. The summed E-state index contributed by atoms with van der Waals surface area (Å²) in [4.78, 5) is 18.3. The Hall–Kier alpha value is -0.570. The molecule has 6 nitrogen and oxygen atoms in total. The molecule has 2 aliphatic rings. The Morgan fingerprint density at radius 1 is 1.36 bits per heavy atom. The van der Waals surface area contributed by atoms with E-state index in [-0.39, 0.29) is 29.9 Å². The number of nitrogens with one attached hydrogen (secondary N) is 2. The molecule has 0 saturated carbocycles. The number of rotatable bonds is 5. The number of ether oxygens (including phenoxy) is 1. The SMILES string of the molecule is CCNC(=NCC1CCOC1)NC1CCN(C(=O)CC)C1.I. The van der Waals surface area contributed by atoms with Gasteiger partial charge in [-0.2, -0.15) is 0 Å². The molecule has 2 aliphatic heterocycles. The number of carbonyl (C=O) groups excluding carboxylic acids is 1. The molecule has 0 aliphatic carbocycles. The van der Waals surface area contributed by atoms with Gasteiger partial charge in [0.25, 0.3) is 0 Å². The number of carbonyl (C=O) groups is 1. The second-order valence-electron chi connectivity index (χ2n) is 5.77. The molecule has 7 heteroatoms. The highest BCUT2D eigenvalue weighted by Crippen LogP contribution is 2.13. The minimum atomic E-state index is 0. The summed E-state index contributed by atoms with van der Waals surface area (Å²) in [5.41, 5.74) is 0. The van der Waals surface area contributed by atoms with E-state index in [1.54, 1.807) is 0 Å². The highest BCUT2D eigenvalue weighted by Gasteiger charge is 2.25. The zero-order valence-electron chi connectivity index (χ0n) is 13.6. The molecule has 22 heavy (non-hydrogen) atoms. The van der Waals surface area contributed by atoms with Crippen LogP contribution in [0, 0.1) is 5.92 Å². The first-order chi connectivity index (χ1) is 10.2. The summed E-state index contributed by atoms with van der Waals surface area (Å²) in [5.74, 6) is 1.65. The zero-order chi connectivity index (χ0) is 15.1. The van der Waals surface area contributed by atoms with E-state index >= 15 is 0 Å². The van der Waals surface area contributed by atoms with E-state index in [0.717, 1.165) is 58.2 Å². The lowest BCUT2D eigenvalue weighted by atomic mass is 10.1. The Bertz CT molecular complexity index is 373. The van der Waals surface area contributed by atoms with Gasteiger partial charge in [-0.1, -0.05) is 6.92 Å². The molecule has 0 bridgehead atoms. The van der Waals surface area contributed by atoms with E-state index in [0.29, 0.717) is 18.4 Å². The van der Waals surface area contributed by atoms with Gasteiger partial charge in [0.2, 0.25) is 5.91 Å². The fourth-order valence-electron chi connectivity index (χ4n) is 2.79. The van der Waals surface area contributed by atoms with Crippen molar-refractivity contribution in [3.63, 3.8) is 0 Å². The first-order valence-corrected chi connectivity index (χ1v) is 8.13. The molecule has 0 radical (unpaired) electrons. The summed E-state index contributed by atoms with van der Waals surface area (Å²) in [5, 5.41) is 6.74. The van der Waals surface area contributed by atoms with Gasteiger partial charge in [0.15, 0.2) is 5.96 Å². The van der Waals surface area contributed by atoms with Crippen molar-refractivity contribution in [3.05, 3.63) is 0 Å². The number of likely N-dealkylation sites (tertiary alicyclic amines) is 1. The average Bonchev–Trinajstić information content (AvgIpc) is 3.15. The van der Waals surface area contributed by atoms with Gasteiger partial charge in [0.05, 0.1) is 6.61 Å². The molecule has 2 N–H and O–H groups in total. The van der Waals surface area contributed by atoms with Crippen LogP contribution in [0.4, 0.5) is 0 Å². The standard InChI is InChI=1S/C15H28N4O2.HI/c1-3-14(20)19-7-5-13(10-19)18-15(16-4-2)17-9-12-6-8-21-11-12;/h12-13H,3-11H2,1-2H3,(H2,16,17,18);1H. The maximum absolute atomic E-state index is 11.7. The smallest absolute Gasteiger partial charge is 0.222 e. The first-order valence-electron chi connectivity index (χ1n) is 8.13. The number of halogens is 1. The molecule has 2 atom stereocenters. The average molecular weight is 424 g/mol. The van der Waals surface area contributed by atoms with E-state index in [1.807, 2.05) is 11.8 Å². The molecular formula is C15H29IN4O2. The van der Waals surface area contributed by atoms with E-state index in [4.69, 9.17) is 4.74 Å². The van der Waals surface area contributed by atoms with E-state index in [2.05, 4.69) is 22.5 Å². The molecule has 128 valence electrons. The predicted molar refractivity (Wildman–Crippen MR) is 98.7 cm³/mol. The monoisotopic (exact) mass is 424 g/mol. The van der Waals surface area contributed by atoms with Crippen LogP contribution in [0.5, 0.6) is 0 Å². The van der Waals surface area contributed by atoms with E-state index in [9.17, 15) is 4.79 Å². The second kappa shape index (κ2) is 10.3. The summed E-state index contributed by atoms with van der Waals surface area (Å²) in [6.07, 6.45) is 2.68. The summed E-state index contributed by atoms with van der Waals surface area (Å²) in [6, 6.07) is 0.304. The highest BCUT2D eigenvalue weighted by atomic mass is 127. The molecule has 1 amide bonds. The van der Waals surface area contributed by atoms with Crippen LogP contribution in [0.3, 0.4) is 0 Å². The third kappa shape index (κ3) is 5.91. The molecule has 2 rings (SSSR count). The molecule has 2 fully saturated rings. The summed E-state index contributed by atoms with van der Waals surface area (Å²) >= 11 is 0. The number of nitrogens with zero attached hydrogens (tertiary/aromatic N) is 2. The minimum Gasteiger partial charge on any atom is -0.381 e. The quantitative estimate of drug-likeness (QED) is 0.396. The van der Waals surface area contributed by atoms with Gasteiger partial charge in [-0.15, -0.1) is 24.0 Å². The fraction of sp³-hybridized carbons (Fsp3) is 0.867. The van der Waals surface area contributed by atoms with Crippen LogP contribution >= 0.6 is 24.0 Å². The molecule has 2 unspecified atom stereocenters. The van der Waals surface area contributed by atoms with Crippen LogP contribution in [-0.4, -0.2) is 62.2 Å². The van der Waals surface area contributed by atoms with Gasteiger partial charge >= 0.3 is 0 Å². The Balaban J connectivity index is 0.00000242. The minimum absolute atomic E-state index is 0. The number of aliphatic imine (C=N–C) groups is 1. The van der Waals surface area contributed by atoms with Gasteiger partial charge in [-0.05, 0) is 19.8 Å².